The second-order valence-electron chi connectivity index (χ2n) is 3.28. The standard InChI is InChI=1S/C12H11ClO2S/c13-10-3-4-12(9(6-10)7-14)16-8-11-2-1-5-15-11/h1-6,14H,7-8H2. The molecule has 1 N–H and O–H groups in total. The van der Waals surface area contributed by atoms with Crippen LogP contribution in [0.15, 0.2) is 45.9 Å². The molecule has 0 atom stereocenters. The molecule has 0 aliphatic heterocycles. The smallest absolute Gasteiger partial charge is 0.113 e. The molecule has 16 heavy (non-hydrogen) atoms. The molecule has 0 aliphatic carbocycles. The summed E-state index contributed by atoms with van der Waals surface area (Å²) in [6, 6.07) is 9.32. The topological polar surface area (TPSA) is 33.4 Å². The van der Waals surface area contributed by atoms with Crippen molar-refractivity contribution in [3.05, 3.63) is 52.9 Å². The predicted octanol–water partition coefficient (Wildman–Crippen LogP) is 3.72. The first kappa shape index (κ1) is 11.6. The Morgan fingerprint density at radius 3 is 2.88 bits per heavy atom. The Balaban J connectivity index is 2.09. The van der Waals surface area contributed by atoms with Gasteiger partial charge < -0.3 is 9.52 Å². The number of hydrogen-bond acceptors (Lipinski definition) is 3. The van der Waals surface area contributed by atoms with Gasteiger partial charge in [0.2, 0.25) is 0 Å². The molecule has 0 bridgehead atoms. The highest BCUT2D eigenvalue weighted by molar-refractivity contribution is 7.98. The van der Waals surface area contributed by atoms with Crippen LogP contribution >= 0.6 is 23.4 Å². The maximum atomic E-state index is 9.20. The third-order valence-corrected chi connectivity index (χ3v) is 3.52. The van der Waals surface area contributed by atoms with Gasteiger partial charge in [-0.2, -0.15) is 0 Å². The highest BCUT2D eigenvalue weighted by Crippen LogP contribution is 2.28. The molecular weight excluding hydrogens is 244 g/mol. The minimum atomic E-state index is 0.00104. The van der Waals surface area contributed by atoms with Crippen molar-refractivity contribution in [1.29, 1.82) is 0 Å². The third-order valence-electron chi connectivity index (χ3n) is 2.14. The summed E-state index contributed by atoms with van der Waals surface area (Å²) in [4.78, 5) is 1.03. The van der Waals surface area contributed by atoms with Gasteiger partial charge in [0.15, 0.2) is 0 Å². The summed E-state index contributed by atoms with van der Waals surface area (Å²) in [5, 5.41) is 9.85. The number of benzene rings is 1. The number of aliphatic hydroxyl groups is 1. The van der Waals surface area contributed by atoms with Gasteiger partial charge in [0, 0.05) is 9.92 Å². The fraction of sp³-hybridized carbons (Fsp3) is 0.167. The lowest BCUT2D eigenvalue weighted by Gasteiger charge is -2.06. The molecular formula is C12H11ClO2S. The number of aliphatic hydroxyl groups excluding tert-OH is 1. The van der Waals surface area contributed by atoms with E-state index in [9.17, 15) is 5.11 Å². The Morgan fingerprint density at radius 2 is 2.19 bits per heavy atom. The Bertz CT molecular complexity index is 454. The summed E-state index contributed by atoms with van der Waals surface area (Å²) in [5.41, 5.74) is 0.851. The van der Waals surface area contributed by atoms with E-state index in [-0.39, 0.29) is 6.61 Å². The summed E-state index contributed by atoms with van der Waals surface area (Å²) in [7, 11) is 0. The van der Waals surface area contributed by atoms with Gasteiger partial charge >= 0.3 is 0 Å². The molecule has 0 fully saturated rings. The summed E-state index contributed by atoms with van der Waals surface area (Å²) < 4.78 is 5.24. The van der Waals surface area contributed by atoms with E-state index in [0.29, 0.717) is 5.02 Å². The van der Waals surface area contributed by atoms with Gasteiger partial charge in [-0.1, -0.05) is 11.6 Å². The van der Waals surface area contributed by atoms with Gasteiger partial charge in [-0.15, -0.1) is 11.8 Å². The second-order valence-corrected chi connectivity index (χ2v) is 4.73. The molecule has 0 saturated carbocycles. The van der Waals surface area contributed by atoms with E-state index >= 15 is 0 Å². The number of rotatable bonds is 4. The monoisotopic (exact) mass is 254 g/mol. The van der Waals surface area contributed by atoms with E-state index in [1.165, 1.54) is 0 Å². The van der Waals surface area contributed by atoms with Crippen LogP contribution in [0.2, 0.25) is 5.02 Å². The molecule has 0 aliphatic rings. The fourth-order valence-corrected chi connectivity index (χ4v) is 2.49. The van der Waals surface area contributed by atoms with Crippen LogP contribution < -0.4 is 0 Å². The zero-order valence-electron chi connectivity index (χ0n) is 8.52. The second kappa shape index (κ2) is 5.43. The predicted molar refractivity (Wildman–Crippen MR) is 65.6 cm³/mol. The van der Waals surface area contributed by atoms with Crippen LogP contribution in [0.1, 0.15) is 11.3 Å². The molecule has 2 aromatic rings. The molecule has 1 aromatic heterocycles. The molecule has 0 spiro atoms. The van der Waals surface area contributed by atoms with Gasteiger partial charge in [0.05, 0.1) is 18.6 Å². The molecule has 2 nitrogen and oxygen atoms in total. The van der Waals surface area contributed by atoms with Crippen molar-refractivity contribution in [2.24, 2.45) is 0 Å². The molecule has 2 rings (SSSR count). The van der Waals surface area contributed by atoms with E-state index in [1.54, 1.807) is 24.1 Å². The molecule has 4 heteroatoms. The summed E-state index contributed by atoms with van der Waals surface area (Å²) >= 11 is 7.48. The molecule has 0 saturated heterocycles. The maximum Gasteiger partial charge on any atom is 0.113 e. The van der Waals surface area contributed by atoms with Crippen LogP contribution in [-0.4, -0.2) is 5.11 Å². The van der Waals surface area contributed by atoms with Crippen molar-refractivity contribution in [2.45, 2.75) is 17.3 Å². The maximum absolute atomic E-state index is 9.20. The van der Waals surface area contributed by atoms with Gasteiger partial charge in [-0.3, -0.25) is 0 Å². The highest BCUT2D eigenvalue weighted by atomic mass is 35.5. The lowest BCUT2D eigenvalue weighted by Crippen LogP contribution is -1.88. The fourth-order valence-electron chi connectivity index (χ4n) is 1.36. The zero-order chi connectivity index (χ0) is 11.4. The summed E-state index contributed by atoms with van der Waals surface area (Å²) in [6.45, 7) is 0.00104. The quantitative estimate of drug-likeness (QED) is 0.845. The molecule has 1 aromatic carbocycles. The number of furan rings is 1. The van der Waals surface area contributed by atoms with Gasteiger partial charge in [0.1, 0.15) is 5.76 Å². The van der Waals surface area contributed by atoms with E-state index in [0.717, 1.165) is 22.0 Å². The highest BCUT2D eigenvalue weighted by Gasteiger charge is 2.04. The Kier molecular flexibility index (Phi) is 3.93. The summed E-state index contributed by atoms with van der Waals surface area (Å²) in [6.07, 6.45) is 1.66. The molecule has 84 valence electrons. The van der Waals surface area contributed by atoms with E-state index in [2.05, 4.69) is 0 Å². The van der Waals surface area contributed by atoms with Crippen molar-refractivity contribution in [3.8, 4) is 0 Å². The van der Waals surface area contributed by atoms with Crippen molar-refractivity contribution in [3.63, 3.8) is 0 Å². The minimum Gasteiger partial charge on any atom is -0.468 e. The largest absolute Gasteiger partial charge is 0.468 e. The molecule has 0 unspecified atom stereocenters. The number of thioether (sulfide) groups is 1. The van der Waals surface area contributed by atoms with Crippen molar-refractivity contribution in [1.82, 2.24) is 0 Å². The van der Waals surface area contributed by atoms with Crippen LogP contribution in [0.25, 0.3) is 0 Å². The Hall–Kier alpha value is -0.900. The molecule has 0 amide bonds. The Labute approximate surface area is 103 Å². The Morgan fingerprint density at radius 1 is 1.31 bits per heavy atom. The van der Waals surface area contributed by atoms with Gasteiger partial charge in [0.25, 0.3) is 0 Å². The van der Waals surface area contributed by atoms with Gasteiger partial charge in [-0.25, -0.2) is 0 Å². The van der Waals surface area contributed by atoms with Gasteiger partial charge in [-0.05, 0) is 35.9 Å². The lowest BCUT2D eigenvalue weighted by molar-refractivity contribution is 0.279. The van der Waals surface area contributed by atoms with Crippen LogP contribution in [0, 0.1) is 0 Å². The number of halogens is 1. The van der Waals surface area contributed by atoms with E-state index in [4.69, 9.17) is 16.0 Å². The van der Waals surface area contributed by atoms with Crippen molar-refractivity contribution in [2.75, 3.05) is 0 Å². The van der Waals surface area contributed by atoms with Crippen LogP contribution in [0.5, 0.6) is 0 Å². The first-order valence-electron chi connectivity index (χ1n) is 4.84. The number of hydrogen-bond donors (Lipinski definition) is 1. The van der Waals surface area contributed by atoms with Crippen molar-refractivity contribution >= 4 is 23.4 Å². The SMILES string of the molecule is OCc1cc(Cl)ccc1SCc1ccco1. The average molecular weight is 255 g/mol. The third kappa shape index (κ3) is 2.82. The van der Waals surface area contributed by atoms with Crippen molar-refractivity contribution < 1.29 is 9.52 Å². The normalized spacial score (nSPS) is 10.6. The van der Waals surface area contributed by atoms with E-state index < -0.39 is 0 Å². The molecule has 0 radical (unpaired) electrons. The van der Waals surface area contributed by atoms with Crippen LogP contribution in [-0.2, 0) is 12.4 Å². The average Bonchev–Trinajstić information content (AvgIpc) is 2.80. The van der Waals surface area contributed by atoms with E-state index in [1.807, 2.05) is 24.3 Å². The summed E-state index contributed by atoms with van der Waals surface area (Å²) in [5.74, 6) is 1.67. The zero-order valence-corrected chi connectivity index (χ0v) is 10.1. The molecule has 1 heterocycles. The first-order chi connectivity index (χ1) is 7.79. The lowest BCUT2D eigenvalue weighted by atomic mass is 10.2. The minimum absolute atomic E-state index is 0.00104. The van der Waals surface area contributed by atoms with Crippen LogP contribution in [0.3, 0.4) is 0 Å². The first-order valence-corrected chi connectivity index (χ1v) is 6.20. The van der Waals surface area contributed by atoms with Crippen LogP contribution in [0.4, 0.5) is 0 Å².